The van der Waals surface area contributed by atoms with Crippen LogP contribution in [0.4, 0.5) is 5.69 Å². The first-order valence-corrected chi connectivity index (χ1v) is 19.9. The van der Waals surface area contributed by atoms with Gasteiger partial charge in [-0.2, -0.15) is 0 Å². The summed E-state index contributed by atoms with van der Waals surface area (Å²) in [4.78, 5) is 19.4. The van der Waals surface area contributed by atoms with Crippen molar-refractivity contribution in [2.24, 2.45) is 56.7 Å². The van der Waals surface area contributed by atoms with Crippen LogP contribution >= 0.6 is 23.8 Å². The van der Waals surface area contributed by atoms with E-state index in [1.54, 1.807) is 5.57 Å². The van der Waals surface area contributed by atoms with Crippen LogP contribution in [0, 0.1) is 56.7 Å². The highest BCUT2D eigenvalue weighted by Gasteiger charge is 2.69. The van der Waals surface area contributed by atoms with Gasteiger partial charge in [-0.25, -0.2) is 0 Å². The van der Waals surface area contributed by atoms with E-state index in [9.17, 15) is 5.11 Å². The summed E-state index contributed by atoms with van der Waals surface area (Å²) in [6.45, 7) is 20.4. The van der Waals surface area contributed by atoms with Crippen molar-refractivity contribution in [3.05, 3.63) is 40.9 Å². The van der Waals surface area contributed by atoms with Gasteiger partial charge in [0.2, 0.25) is 5.91 Å². The first-order chi connectivity index (χ1) is 22.6. The Bertz CT molecular complexity index is 1490. The Balaban J connectivity index is 1.15. The van der Waals surface area contributed by atoms with Crippen LogP contribution in [0.3, 0.4) is 0 Å². The molecule has 4 saturated carbocycles. The molecule has 1 aromatic rings. The second-order valence-corrected chi connectivity index (χ2v) is 19.2. The lowest BCUT2D eigenvalue weighted by Gasteiger charge is -2.71. The fourth-order valence-electron chi connectivity index (χ4n) is 13.0. The predicted molar refractivity (Wildman–Crippen MR) is 201 cm³/mol. The molecule has 1 aliphatic heterocycles. The van der Waals surface area contributed by atoms with Crippen LogP contribution in [0.1, 0.15) is 106 Å². The molecule has 6 aliphatic rings. The summed E-state index contributed by atoms with van der Waals surface area (Å²) in [5.74, 6) is 2.99. The highest BCUT2D eigenvalue weighted by Crippen LogP contribution is 2.75. The smallest absolute Gasteiger partial charge is 0.229 e. The van der Waals surface area contributed by atoms with Crippen LogP contribution < -0.4 is 5.32 Å². The molecule has 5 nitrogen and oxygen atoms in total. The minimum atomic E-state index is -0.305. The first kappa shape index (κ1) is 34.8. The van der Waals surface area contributed by atoms with Crippen molar-refractivity contribution < 1.29 is 9.90 Å². The lowest BCUT2D eigenvalue weighted by atomic mass is 9.33. The van der Waals surface area contributed by atoms with E-state index in [0.29, 0.717) is 58.7 Å². The number of thiocarbonyl (C=S) groups is 1. The molecule has 1 aromatic carbocycles. The average molecular weight is 694 g/mol. The molecular weight excluding hydrogens is 634 g/mol. The lowest BCUT2D eigenvalue weighted by molar-refractivity contribution is -0.205. The van der Waals surface area contributed by atoms with Crippen molar-refractivity contribution >= 4 is 40.5 Å². The number of aliphatic hydroxyl groups is 1. The van der Waals surface area contributed by atoms with Crippen molar-refractivity contribution in [3.63, 3.8) is 0 Å². The molecule has 7 heteroatoms. The quantitative estimate of drug-likeness (QED) is 0.239. The lowest BCUT2D eigenvalue weighted by Crippen LogP contribution is -2.66. The van der Waals surface area contributed by atoms with E-state index in [1.807, 2.05) is 24.3 Å². The van der Waals surface area contributed by atoms with Gasteiger partial charge in [-0.05, 0) is 139 Å². The third-order valence-corrected chi connectivity index (χ3v) is 16.9. The number of carbonyl (C=O) groups is 1. The zero-order valence-electron chi connectivity index (χ0n) is 30.6. The number of hydrogen-bond acceptors (Lipinski definition) is 3. The zero-order chi connectivity index (χ0) is 34.4. The van der Waals surface area contributed by atoms with Crippen molar-refractivity contribution in [3.8, 4) is 0 Å². The molecular formula is C41H60ClN3O2S. The number of nitrogens with zero attached hydrogens (tertiary/aromatic N) is 2. The van der Waals surface area contributed by atoms with Crippen LogP contribution in [0.15, 0.2) is 35.9 Å². The molecule has 10 atom stereocenters. The van der Waals surface area contributed by atoms with Gasteiger partial charge < -0.3 is 20.2 Å². The molecule has 0 spiro atoms. The summed E-state index contributed by atoms with van der Waals surface area (Å²) in [5.41, 5.74) is 2.72. The molecule has 0 aromatic heterocycles. The van der Waals surface area contributed by atoms with Gasteiger partial charge in [0.15, 0.2) is 5.11 Å². The number of piperazine rings is 1. The summed E-state index contributed by atoms with van der Waals surface area (Å²) < 4.78 is 0. The monoisotopic (exact) mass is 693 g/mol. The summed E-state index contributed by atoms with van der Waals surface area (Å²) in [6.07, 6.45) is 12.4. The SMILES string of the molecule is C[C@H]1[C@H](C)CC[C@]2(C(=O)N3CCN(C(=S)Nc4cccc(Cl)c4)CC3)CC[C@]3(C)C(=CC[C@@H]4[C@@]5(C)CC[C@H](O)C(C)(C)[C@@H]5CC[C@]43C)[C@H]12. The number of amides is 1. The number of benzene rings is 1. The minimum Gasteiger partial charge on any atom is -0.393 e. The number of hydrogen-bond donors (Lipinski definition) is 2. The third-order valence-electron chi connectivity index (χ3n) is 16.3. The molecule has 1 amide bonds. The highest BCUT2D eigenvalue weighted by molar-refractivity contribution is 7.80. The van der Waals surface area contributed by atoms with Gasteiger partial charge in [0, 0.05) is 36.9 Å². The highest BCUT2D eigenvalue weighted by atomic mass is 35.5. The van der Waals surface area contributed by atoms with Crippen LogP contribution in [0.5, 0.6) is 0 Å². The van der Waals surface area contributed by atoms with Gasteiger partial charge in [0.25, 0.3) is 0 Å². The van der Waals surface area contributed by atoms with Gasteiger partial charge >= 0.3 is 0 Å². The van der Waals surface area contributed by atoms with Crippen LogP contribution in [-0.4, -0.2) is 58.2 Å². The van der Waals surface area contributed by atoms with E-state index in [1.165, 1.54) is 12.8 Å². The molecule has 1 saturated heterocycles. The fraction of sp³-hybridized carbons (Fsp3) is 0.756. The second-order valence-electron chi connectivity index (χ2n) is 18.4. The molecule has 7 rings (SSSR count). The molecule has 0 radical (unpaired) electrons. The molecule has 5 aliphatic carbocycles. The Morgan fingerprint density at radius 1 is 0.917 bits per heavy atom. The van der Waals surface area contributed by atoms with Gasteiger partial charge in [-0.15, -0.1) is 0 Å². The third kappa shape index (κ3) is 4.99. The number of allylic oxidation sites excluding steroid dienone is 2. The molecule has 1 heterocycles. The van der Waals surface area contributed by atoms with Crippen molar-refractivity contribution in [1.29, 1.82) is 0 Å². The fourth-order valence-corrected chi connectivity index (χ4v) is 13.5. The number of rotatable bonds is 2. The molecule has 0 bridgehead atoms. The van der Waals surface area contributed by atoms with Gasteiger partial charge in [0.1, 0.15) is 0 Å². The largest absolute Gasteiger partial charge is 0.393 e. The molecule has 2 N–H and O–H groups in total. The average Bonchev–Trinajstić information content (AvgIpc) is 3.05. The Kier molecular flexibility index (Phi) is 8.68. The van der Waals surface area contributed by atoms with Crippen LogP contribution in [-0.2, 0) is 4.79 Å². The molecule has 5 fully saturated rings. The van der Waals surface area contributed by atoms with E-state index in [0.717, 1.165) is 63.7 Å². The van der Waals surface area contributed by atoms with Gasteiger partial charge in [0.05, 0.1) is 11.5 Å². The van der Waals surface area contributed by atoms with E-state index in [2.05, 4.69) is 69.7 Å². The minimum absolute atomic E-state index is 0.0419. The number of halogens is 1. The first-order valence-electron chi connectivity index (χ1n) is 19.1. The summed E-state index contributed by atoms with van der Waals surface area (Å²) >= 11 is 12.0. The predicted octanol–water partition coefficient (Wildman–Crippen LogP) is 9.20. The van der Waals surface area contributed by atoms with E-state index < -0.39 is 0 Å². The Labute approximate surface area is 300 Å². The number of fused-ring (bicyclic) bond motifs is 7. The normalized spacial score (nSPS) is 43.6. The molecule has 0 unspecified atom stereocenters. The molecule has 264 valence electrons. The number of nitrogens with one attached hydrogen (secondary N) is 1. The maximum Gasteiger partial charge on any atom is 0.229 e. The van der Waals surface area contributed by atoms with E-state index in [-0.39, 0.29) is 33.2 Å². The Hall–Kier alpha value is -1.63. The van der Waals surface area contributed by atoms with Gasteiger partial charge in [-0.1, -0.05) is 77.8 Å². The number of aliphatic hydroxyl groups excluding tert-OH is 1. The summed E-state index contributed by atoms with van der Waals surface area (Å²) in [7, 11) is 0. The molecule has 48 heavy (non-hydrogen) atoms. The summed E-state index contributed by atoms with van der Waals surface area (Å²) in [5, 5.41) is 15.8. The van der Waals surface area contributed by atoms with Crippen molar-refractivity contribution in [2.45, 2.75) is 112 Å². The Morgan fingerprint density at radius 3 is 2.33 bits per heavy atom. The van der Waals surface area contributed by atoms with Crippen molar-refractivity contribution in [2.75, 3.05) is 31.5 Å². The maximum atomic E-state index is 15.0. The van der Waals surface area contributed by atoms with Crippen LogP contribution in [0.25, 0.3) is 0 Å². The Morgan fingerprint density at radius 2 is 1.62 bits per heavy atom. The number of anilines is 1. The number of carbonyl (C=O) groups excluding carboxylic acids is 1. The maximum absolute atomic E-state index is 15.0. The summed E-state index contributed by atoms with van der Waals surface area (Å²) in [6, 6.07) is 7.66. The van der Waals surface area contributed by atoms with E-state index in [4.69, 9.17) is 23.8 Å². The van der Waals surface area contributed by atoms with E-state index >= 15 is 4.79 Å². The standard InChI is InChI=1S/C41H60ClN3O2S/c1-26-13-18-41(35(47)44-21-23-45(24-22-44)36(48)43-29-10-8-9-28(42)25-29)20-19-39(6)30(34(41)27(26)2)11-12-32-38(5)16-15-33(46)37(3,4)31(38)14-17-40(32,39)7/h8-11,25-27,31-34,46H,12-24H2,1-7H3,(H,43,48)/t26-,27+,31+,32-,33+,34+,38+,39-,40-,41+/m1/s1. The van der Waals surface area contributed by atoms with Crippen molar-refractivity contribution in [1.82, 2.24) is 9.80 Å². The second kappa shape index (κ2) is 12.0. The zero-order valence-corrected chi connectivity index (χ0v) is 32.2. The van der Waals surface area contributed by atoms with Gasteiger partial charge in [-0.3, -0.25) is 4.79 Å². The topological polar surface area (TPSA) is 55.8 Å². The van der Waals surface area contributed by atoms with Crippen LogP contribution in [0.2, 0.25) is 5.02 Å².